The van der Waals surface area contributed by atoms with E-state index in [0.717, 1.165) is 16.9 Å². The van der Waals surface area contributed by atoms with E-state index >= 15 is 0 Å². The number of carbonyl (C=O) groups is 1. The van der Waals surface area contributed by atoms with Crippen LogP contribution in [0.2, 0.25) is 0 Å². The molecule has 3 rings (SSSR count). The summed E-state index contributed by atoms with van der Waals surface area (Å²) in [7, 11) is 0. The van der Waals surface area contributed by atoms with Crippen molar-refractivity contribution in [1.29, 1.82) is 0 Å². The Hall–Kier alpha value is -2.63. The summed E-state index contributed by atoms with van der Waals surface area (Å²) in [5, 5.41) is 7.13. The van der Waals surface area contributed by atoms with Crippen LogP contribution in [0.4, 0.5) is 0 Å². The van der Waals surface area contributed by atoms with Gasteiger partial charge in [0.15, 0.2) is 0 Å². The second-order valence-corrected chi connectivity index (χ2v) is 5.26. The summed E-state index contributed by atoms with van der Waals surface area (Å²) in [5.41, 5.74) is 3.00. The third kappa shape index (κ3) is 2.59. The topological polar surface area (TPSA) is 64.2 Å². The van der Waals surface area contributed by atoms with Crippen molar-refractivity contribution in [1.82, 2.24) is 24.5 Å². The molecule has 0 aromatic carbocycles. The number of nitrogens with zero attached hydrogens (tertiary/aromatic N) is 4. The molecule has 0 saturated heterocycles. The van der Waals surface area contributed by atoms with Crippen LogP contribution >= 0.6 is 0 Å². The Bertz CT molecular complexity index is 775. The lowest BCUT2D eigenvalue weighted by Gasteiger charge is -2.15. The zero-order chi connectivity index (χ0) is 15.5. The van der Waals surface area contributed by atoms with E-state index in [1.165, 1.54) is 0 Å². The summed E-state index contributed by atoms with van der Waals surface area (Å²) in [6.45, 7) is 4.44. The Morgan fingerprint density at radius 1 is 1.36 bits per heavy atom. The highest BCUT2D eigenvalue weighted by molar-refractivity contribution is 5.80. The first-order valence-corrected chi connectivity index (χ1v) is 7.39. The molecular formula is C16H19N5O. The number of pyridine rings is 1. The number of fused-ring (bicyclic) bond motifs is 1. The maximum atomic E-state index is 12.4. The maximum absolute atomic E-state index is 12.4. The quantitative estimate of drug-likeness (QED) is 0.784. The first-order valence-electron chi connectivity index (χ1n) is 7.39. The van der Waals surface area contributed by atoms with Crippen LogP contribution in [0.1, 0.15) is 30.6 Å². The van der Waals surface area contributed by atoms with Crippen LogP contribution in [0.5, 0.6) is 0 Å². The van der Waals surface area contributed by atoms with Gasteiger partial charge in [-0.1, -0.05) is 13.0 Å². The highest BCUT2D eigenvalue weighted by atomic mass is 16.2. The molecule has 6 heteroatoms. The van der Waals surface area contributed by atoms with Crippen molar-refractivity contribution in [2.75, 3.05) is 0 Å². The Balaban J connectivity index is 1.73. The van der Waals surface area contributed by atoms with E-state index in [1.54, 1.807) is 17.1 Å². The molecule has 6 nitrogen and oxygen atoms in total. The van der Waals surface area contributed by atoms with Crippen molar-refractivity contribution >= 4 is 11.6 Å². The lowest BCUT2D eigenvalue weighted by Crippen LogP contribution is -2.32. The van der Waals surface area contributed by atoms with E-state index < -0.39 is 0 Å². The standard InChI is InChI=1S/C16H19N5O/c1-3-14(21-9-5-7-19-21)16(22)18-11-13-10-17-15-12(2)6-4-8-20(13)15/h4-10,14H,3,11H2,1-2H3,(H,18,22)/t14-/m1/s1. The third-order valence-corrected chi connectivity index (χ3v) is 3.78. The molecule has 3 aromatic heterocycles. The molecule has 1 N–H and O–H groups in total. The molecule has 0 spiro atoms. The van der Waals surface area contributed by atoms with Crippen molar-refractivity contribution in [3.05, 3.63) is 54.2 Å². The molecule has 3 heterocycles. The molecule has 3 aromatic rings. The summed E-state index contributed by atoms with van der Waals surface area (Å²) in [5.74, 6) is -0.0335. The van der Waals surface area contributed by atoms with E-state index in [2.05, 4.69) is 15.4 Å². The second kappa shape index (κ2) is 6.01. The minimum atomic E-state index is -0.282. The van der Waals surface area contributed by atoms with Crippen LogP contribution in [0.3, 0.4) is 0 Å². The summed E-state index contributed by atoms with van der Waals surface area (Å²) in [4.78, 5) is 16.8. The van der Waals surface area contributed by atoms with E-state index in [4.69, 9.17) is 0 Å². The Kier molecular flexibility index (Phi) is 3.91. The number of aryl methyl sites for hydroxylation is 1. The molecule has 0 saturated carbocycles. The number of carbonyl (C=O) groups excluding carboxylic acids is 1. The van der Waals surface area contributed by atoms with Crippen LogP contribution in [0.25, 0.3) is 5.65 Å². The number of hydrogen-bond donors (Lipinski definition) is 1. The van der Waals surface area contributed by atoms with Crippen LogP contribution in [0.15, 0.2) is 43.0 Å². The number of nitrogens with one attached hydrogen (secondary N) is 1. The molecule has 0 radical (unpaired) electrons. The molecule has 0 aliphatic heterocycles. The number of amides is 1. The molecule has 22 heavy (non-hydrogen) atoms. The van der Waals surface area contributed by atoms with Gasteiger partial charge in [0.25, 0.3) is 0 Å². The number of imidazole rings is 1. The Morgan fingerprint density at radius 3 is 2.95 bits per heavy atom. The van der Waals surface area contributed by atoms with Crippen LogP contribution in [-0.4, -0.2) is 25.1 Å². The van der Waals surface area contributed by atoms with Gasteiger partial charge < -0.3 is 9.72 Å². The van der Waals surface area contributed by atoms with Gasteiger partial charge in [-0.15, -0.1) is 0 Å². The Labute approximate surface area is 128 Å². The van der Waals surface area contributed by atoms with Crippen molar-refractivity contribution in [2.24, 2.45) is 0 Å². The average Bonchev–Trinajstić information content (AvgIpc) is 3.16. The van der Waals surface area contributed by atoms with Crippen molar-refractivity contribution in [3.63, 3.8) is 0 Å². The van der Waals surface area contributed by atoms with Gasteiger partial charge in [-0.2, -0.15) is 5.10 Å². The van der Waals surface area contributed by atoms with Gasteiger partial charge in [-0.05, 0) is 31.0 Å². The summed E-state index contributed by atoms with van der Waals surface area (Å²) in [6, 6.07) is 5.54. The smallest absolute Gasteiger partial charge is 0.245 e. The van der Waals surface area contributed by atoms with Gasteiger partial charge in [0.2, 0.25) is 5.91 Å². The summed E-state index contributed by atoms with van der Waals surface area (Å²) >= 11 is 0. The average molecular weight is 297 g/mol. The number of rotatable bonds is 5. The predicted octanol–water partition coefficient (Wildman–Crippen LogP) is 2.11. The summed E-state index contributed by atoms with van der Waals surface area (Å²) in [6.07, 6.45) is 7.95. The fraction of sp³-hybridized carbons (Fsp3) is 0.312. The van der Waals surface area contributed by atoms with Gasteiger partial charge >= 0.3 is 0 Å². The first kappa shape index (κ1) is 14.3. The zero-order valence-corrected chi connectivity index (χ0v) is 12.7. The number of hydrogen-bond acceptors (Lipinski definition) is 3. The molecule has 1 atom stereocenters. The van der Waals surface area contributed by atoms with Crippen LogP contribution in [-0.2, 0) is 11.3 Å². The van der Waals surface area contributed by atoms with E-state index in [9.17, 15) is 4.79 Å². The fourth-order valence-electron chi connectivity index (χ4n) is 2.59. The minimum absolute atomic E-state index is 0.0335. The van der Waals surface area contributed by atoms with Crippen molar-refractivity contribution in [2.45, 2.75) is 32.9 Å². The zero-order valence-electron chi connectivity index (χ0n) is 12.7. The van der Waals surface area contributed by atoms with Gasteiger partial charge in [0.05, 0.1) is 18.4 Å². The predicted molar refractivity (Wildman–Crippen MR) is 83.3 cm³/mol. The normalized spacial score (nSPS) is 12.5. The molecule has 0 aliphatic rings. The molecule has 0 unspecified atom stereocenters. The van der Waals surface area contributed by atoms with Gasteiger partial charge in [-0.3, -0.25) is 9.48 Å². The molecule has 1 amide bonds. The largest absolute Gasteiger partial charge is 0.349 e. The minimum Gasteiger partial charge on any atom is -0.349 e. The van der Waals surface area contributed by atoms with E-state index in [0.29, 0.717) is 13.0 Å². The monoisotopic (exact) mass is 297 g/mol. The van der Waals surface area contributed by atoms with Gasteiger partial charge in [0.1, 0.15) is 11.7 Å². The lowest BCUT2D eigenvalue weighted by molar-refractivity contribution is -0.124. The molecular weight excluding hydrogens is 278 g/mol. The first-order chi connectivity index (χ1) is 10.7. The van der Waals surface area contributed by atoms with Crippen LogP contribution < -0.4 is 5.32 Å². The molecule has 0 bridgehead atoms. The van der Waals surface area contributed by atoms with Gasteiger partial charge in [0, 0.05) is 18.6 Å². The highest BCUT2D eigenvalue weighted by Gasteiger charge is 2.18. The highest BCUT2D eigenvalue weighted by Crippen LogP contribution is 2.12. The SMILES string of the molecule is CC[C@H](C(=O)NCc1cnc2c(C)cccn12)n1cccn1. The fourth-order valence-corrected chi connectivity index (χ4v) is 2.59. The van der Waals surface area contributed by atoms with Crippen molar-refractivity contribution in [3.8, 4) is 0 Å². The summed E-state index contributed by atoms with van der Waals surface area (Å²) < 4.78 is 3.69. The molecule has 0 aliphatic carbocycles. The van der Waals surface area contributed by atoms with E-state index in [1.807, 2.05) is 48.8 Å². The third-order valence-electron chi connectivity index (χ3n) is 3.78. The van der Waals surface area contributed by atoms with E-state index in [-0.39, 0.29) is 11.9 Å². The lowest BCUT2D eigenvalue weighted by atomic mass is 10.2. The van der Waals surface area contributed by atoms with Crippen LogP contribution in [0, 0.1) is 6.92 Å². The van der Waals surface area contributed by atoms with Crippen molar-refractivity contribution < 1.29 is 4.79 Å². The second-order valence-electron chi connectivity index (χ2n) is 5.26. The Morgan fingerprint density at radius 2 is 2.23 bits per heavy atom. The van der Waals surface area contributed by atoms with Gasteiger partial charge in [-0.25, -0.2) is 4.98 Å². The maximum Gasteiger partial charge on any atom is 0.245 e. The number of aromatic nitrogens is 4. The molecule has 114 valence electrons. The molecule has 0 fully saturated rings.